The van der Waals surface area contributed by atoms with Crippen molar-refractivity contribution in [3.05, 3.63) is 313 Å². The number of nitrogens with zero attached hydrogens (tertiary/aromatic N) is 4. The largest absolute Gasteiger partial charge is 3.00 e. The molecule has 0 aliphatic heterocycles. The fourth-order valence-electron chi connectivity index (χ4n) is 10.7. The van der Waals surface area contributed by atoms with E-state index >= 15 is 0 Å². The molecular weight excluding hydrogens is 1550 g/mol. The van der Waals surface area contributed by atoms with E-state index in [1.807, 2.05) is 248 Å². The van der Waals surface area contributed by atoms with Crippen molar-refractivity contribution in [2.24, 2.45) is 0 Å². The van der Waals surface area contributed by atoms with Gasteiger partial charge in [-0.05, 0) is 96.2 Å². The Kier molecular flexibility index (Phi) is 41.6. The first-order valence-corrected chi connectivity index (χ1v) is 33.1. The zero-order chi connectivity index (χ0) is 72.6. The van der Waals surface area contributed by atoms with Crippen LogP contribution in [0, 0.1) is 81.7 Å². The Morgan fingerprint density at radius 2 is 0.363 bits per heavy atom. The molecule has 0 bridgehead atoms. The van der Waals surface area contributed by atoms with Crippen molar-refractivity contribution < 1.29 is 141 Å². The van der Waals surface area contributed by atoms with E-state index in [0.29, 0.717) is 38.5 Å². The fraction of sp³-hybridized carbons (Fsp3) is 0.214. The molecule has 0 saturated carbocycles. The van der Waals surface area contributed by atoms with E-state index in [9.17, 15) is 59.4 Å². The minimum atomic E-state index is -0.997. The first-order valence-electron chi connectivity index (χ1n) is 33.1. The molecule has 12 rings (SSSR count). The maximum Gasteiger partial charge on any atom is 3.00 e. The number of fused-ring (bicyclic) bond motifs is 6. The molecule has 0 fully saturated rings. The SMILES string of the molecule is CC[C@@H](C(=O)[O-])c1ccccc1.CC[C@@H](C(=O)[O-])c1ccccc1.CC[C@@H](C(=O)[O-])c1ccccc1.CC[C@@H](C(=O)[O-])c1ccccc1.CC[C@@H](C(=O)[O-])c1ccccc1.CC[C@@H](C(=O)[O-])c1ccccc1.[Nd+3].[Nd+3].c1cnc2c(c1)ccc1cccnc12.c1cnc2c(c1)ccc1cccnc12. The number of carbonyl (C=O) groups is 6. The van der Waals surface area contributed by atoms with Gasteiger partial charge in [0.1, 0.15) is 0 Å². The number of aliphatic carboxylic acids is 6. The second kappa shape index (κ2) is 48.7. The number of hydrogen-bond acceptors (Lipinski definition) is 16. The van der Waals surface area contributed by atoms with Gasteiger partial charge in [0.25, 0.3) is 0 Å². The number of carboxylic acids is 6. The molecule has 0 N–H and O–H groups in total. The van der Waals surface area contributed by atoms with Crippen LogP contribution in [-0.4, -0.2) is 55.8 Å². The molecular formula is C84H82N4Nd2O12. The Balaban J connectivity index is 0.000000303. The van der Waals surface area contributed by atoms with Gasteiger partial charge in [0, 0.05) is 118 Å². The average Bonchev–Trinajstić information content (AvgIpc) is 0.803. The van der Waals surface area contributed by atoms with Gasteiger partial charge in [-0.15, -0.1) is 0 Å². The van der Waals surface area contributed by atoms with Crippen LogP contribution >= 0.6 is 0 Å². The Morgan fingerprint density at radius 3 is 0.480 bits per heavy atom. The standard InChI is InChI=1S/2C12H8N2.6C10H12O2.2Nd/c2*1-3-9-5-6-10-4-2-8-14-12(10)11(9)13-7-1;6*1-2-9(10(11)12)8-6-4-3-5-7-8;;/h2*1-8H;6*3-7,9H,2H2,1H3,(H,11,12);;/q;;;;;;;;2*+3/p-6/t;;6*9-;;/m..111111../s1. The molecule has 4 heterocycles. The third-order valence-corrected chi connectivity index (χ3v) is 16.1. The molecule has 518 valence electrons. The second-order valence-electron chi connectivity index (χ2n) is 22.6. The number of benzene rings is 8. The molecule has 0 aliphatic carbocycles. The number of hydrogen-bond donors (Lipinski definition) is 0. The predicted molar refractivity (Wildman–Crippen MR) is 381 cm³/mol. The van der Waals surface area contributed by atoms with Crippen LogP contribution < -0.4 is 30.6 Å². The van der Waals surface area contributed by atoms with Crippen LogP contribution in [0.4, 0.5) is 0 Å². The monoisotopic (exact) mass is 1620 g/mol. The summed E-state index contributed by atoms with van der Waals surface area (Å²) >= 11 is 0. The van der Waals surface area contributed by atoms with Crippen LogP contribution in [0.2, 0.25) is 0 Å². The fourth-order valence-corrected chi connectivity index (χ4v) is 10.7. The maximum absolute atomic E-state index is 10.6. The summed E-state index contributed by atoms with van der Waals surface area (Å²) in [5, 5.41) is 68.3. The third kappa shape index (κ3) is 28.4. The van der Waals surface area contributed by atoms with E-state index in [1.165, 1.54) is 0 Å². The summed E-state index contributed by atoms with van der Waals surface area (Å²) in [4.78, 5) is 81.1. The van der Waals surface area contributed by atoms with Gasteiger partial charge in [-0.1, -0.05) is 272 Å². The Hall–Kier alpha value is -9.08. The summed E-state index contributed by atoms with van der Waals surface area (Å²) < 4.78 is 0. The Morgan fingerprint density at radius 1 is 0.225 bits per heavy atom. The number of carbonyl (C=O) groups excluding carboxylic acids is 6. The number of pyridine rings is 4. The Bertz CT molecular complexity index is 3750. The van der Waals surface area contributed by atoms with Crippen molar-refractivity contribution in [2.45, 2.75) is 116 Å². The van der Waals surface area contributed by atoms with Crippen molar-refractivity contribution >= 4 is 79.4 Å². The van der Waals surface area contributed by atoms with E-state index in [0.717, 1.165) is 77.0 Å². The van der Waals surface area contributed by atoms with Crippen LogP contribution in [0.25, 0.3) is 43.6 Å². The van der Waals surface area contributed by atoms with Gasteiger partial charge in [0.15, 0.2) is 0 Å². The molecule has 0 spiro atoms. The van der Waals surface area contributed by atoms with Gasteiger partial charge in [0.05, 0.1) is 22.1 Å². The van der Waals surface area contributed by atoms with Crippen molar-refractivity contribution in [3.8, 4) is 0 Å². The van der Waals surface area contributed by atoms with Crippen LogP contribution in [0.15, 0.2) is 280 Å². The average molecular weight is 1630 g/mol. The van der Waals surface area contributed by atoms with Crippen molar-refractivity contribution in [3.63, 3.8) is 0 Å². The van der Waals surface area contributed by atoms with Gasteiger partial charge in [-0.2, -0.15) is 0 Å². The summed E-state index contributed by atoms with van der Waals surface area (Å²) in [7, 11) is 0. The normalized spacial score (nSPS) is 11.7. The van der Waals surface area contributed by atoms with Crippen LogP contribution in [0.3, 0.4) is 0 Å². The van der Waals surface area contributed by atoms with Crippen LogP contribution in [-0.2, 0) is 28.8 Å². The first kappa shape index (κ1) is 87.1. The van der Waals surface area contributed by atoms with E-state index in [1.54, 1.807) is 24.8 Å². The smallest absolute Gasteiger partial charge is 0.549 e. The molecule has 0 aliphatic rings. The molecule has 2 radical (unpaired) electrons. The molecule has 12 aromatic rings. The summed E-state index contributed by atoms with van der Waals surface area (Å²) in [6, 6.07) is 79.2. The molecule has 102 heavy (non-hydrogen) atoms. The van der Waals surface area contributed by atoms with Gasteiger partial charge in [-0.3, -0.25) is 19.9 Å². The molecule has 8 aromatic carbocycles. The van der Waals surface area contributed by atoms with Gasteiger partial charge in [-0.25, -0.2) is 0 Å². The van der Waals surface area contributed by atoms with E-state index < -0.39 is 71.3 Å². The van der Waals surface area contributed by atoms with Gasteiger partial charge >= 0.3 is 81.7 Å². The molecule has 6 atom stereocenters. The zero-order valence-corrected chi connectivity index (χ0v) is 64.4. The second-order valence-corrected chi connectivity index (χ2v) is 22.6. The molecule has 0 unspecified atom stereocenters. The van der Waals surface area contributed by atoms with Crippen molar-refractivity contribution in [2.75, 3.05) is 0 Å². The summed E-state index contributed by atoms with van der Waals surface area (Å²) in [5.74, 6) is -8.78. The van der Waals surface area contributed by atoms with Crippen molar-refractivity contribution in [1.29, 1.82) is 0 Å². The molecule has 18 heteroatoms. The predicted octanol–water partition coefficient (Wildman–Crippen LogP) is 11.1. The van der Waals surface area contributed by atoms with E-state index in [4.69, 9.17) is 0 Å². The van der Waals surface area contributed by atoms with Crippen LogP contribution in [0.1, 0.15) is 149 Å². The summed E-state index contributed by atoms with van der Waals surface area (Å²) in [6.07, 6.45) is 10.7. The zero-order valence-electron chi connectivity index (χ0n) is 58.0. The Labute approximate surface area is 662 Å². The van der Waals surface area contributed by atoms with E-state index in [2.05, 4.69) is 68.5 Å². The minimum Gasteiger partial charge on any atom is -0.549 e. The van der Waals surface area contributed by atoms with E-state index in [-0.39, 0.29) is 81.7 Å². The topological polar surface area (TPSA) is 292 Å². The van der Waals surface area contributed by atoms with Crippen LogP contribution in [0.5, 0.6) is 0 Å². The maximum atomic E-state index is 10.6. The first-order chi connectivity index (χ1) is 48.4. The number of carboxylic acid groups (broad SMARTS) is 6. The molecule has 4 aromatic heterocycles. The summed E-state index contributed by atoms with van der Waals surface area (Å²) in [6.45, 7) is 11.0. The number of rotatable bonds is 18. The molecule has 0 amide bonds. The minimum absolute atomic E-state index is 0. The van der Waals surface area contributed by atoms with Crippen molar-refractivity contribution in [1.82, 2.24) is 19.9 Å². The summed E-state index contributed by atoms with van der Waals surface area (Å²) in [5.41, 5.74) is 8.83. The molecule has 0 saturated heterocycles. The quantitative estimate of drug-likeness (QED) is 0.0721. The number of aromatic nitrogens is 4. The van der Waals surface area contributed by atoms with Gasteiger partial charge < -0.3 is 59.4 Å². The van der Waals surface area contributed by atoms with Gasteiger partial charge in [0.2, 0.25) is 0 Å². The molecule has 16 nitrogen and oxygen atoms in total. The third-order valence-electron chi connectivity index (χ3n) is 16.1.